The van der Waals surface area contributed by atoms with Crippen LogP contribution in [0, 0.1) is 0 Å². The summed E-state index contributed by atoms with van der Waals surface area (Å²) >= 11 is 0. The van der Waals surface area contributed by atoms with Gasteiger partial charge in [0.25, 0.3) is 0 Å². The number of allylic oxidation sites excluding steroid dienone is 2. The summed E-state index contributed by atoms with van der Waals surface area (Å²) in [4.78, 5) is 23.2. The molecule has 0 fully saturated rings. The molecule has 3 aromatic carbocycles. The summed E-state index contributed by atoms with van der Waals surface area (Å²) in [5, 5.41) is 0. The SMILES string of the molecule is C/C(=C/C(=O)c1ccc(-c2ccc(C=O)cc2)cc1)c1cccc(C(F)(F)F)c1. The Kier molecular flexibility index (Phi) is 5.78. The maximum atomic E-state index is 12.9. The Hall–Kier alpha value is -3.47. The van der Waals surface area contributed by atoms with E-state index in [-0.39, 0.29) is 5.78 Å². The van der Waals surface area contributed by atoms with Gasteiger partial charge in [-0.15, -0.1) is 0 Å². The van der Waals surface area contributed by atoms with Crippen molar-refractivity contribution < 1.29 is 22.8 Å². The van der Waals surface area contributed by atoms with Gasteiger partial charge < -0.3 is 0 Å². The standard InChI is InChI=1S/C24H17F3O2/c1-16(21-3-2-4-22(14-21)24(25,26)27)13-23(29)20-11-9-19(10-12-20)18-7-5-17(15-28)6-8-18/h2-15H,1H3/b16-13-. The average molecular weight is 394 g/mol. The fourth-order valence-corrected chi connectivity index (χ4v) is 2.89. The first-order chi connectivity index (χ1) is 13.8. The summed E-state index contributed by atoms with van der Waals surface area (Å²) in [5.74, 6) is -0.289. The summed E-state index contributed by atoms with van der Waals surface area (Å²) in [7, 11) is 0. The van der Waals surface area contributed by atoms with Gasteiger partial charge in [0.05, 0.1) is 5.56 Å². The maximum absolute atomic E-state index is 12.9. The van der Waals surface area contributed by atoms with Gasteiger partial charge in [0.15, 0.2) is 5.78 Å². The van der Waals surface area contributed by atoms with E-state index in [2.05, 4.69) is 0 Å². The normalized spacial score (nSPS) is 11.9. The second-order valence-electron chi connectivity index (χ2n) is 6.59. The first-order valence-corrected chi connectivity index (χ1v) is 8.84. The molecule has 0 amide bonds. The predicted molar refractivity (Wildman–Crippen MR) is 107 cm³/mol. The van der Waals surface area contributed by atoms with Gasteiger partial charge in [-0.25, -0.2) is 0 Å². The Morgan fingerprint density at radius 3 is 1.97 bits per heavy atom. The molecule has 0 aliphatic heterocycles. The van der Waals surface area contributed by atoms with Crippen LogP contribution in [0.5, 0.6) is 0 Å². The lowest BCUT2D eigenvalue weighted by Gasteiger charge is -2.09. The fraction of sp³-hybridized carbons (Fsp3) is 0.0833. The van der Waals surface area contributed by atoms with Crippen molar-refractivity contribution in [1.29, 1.82) is 0 Å². The Bertz CT molecular complexity index is 1060. The molecule has 0 saturated heterocycles. The zero-order valence-corrected chi connectivity index (χ0v) is 15.5. The van der Waals surface area contributed by atoms with Gasteiger partial charge in [-0.05, 0) is 47.4 Å². The highest BCUT2D eigenvalue weighted by Gasteiger charge is 2.30. The van der Waals surface area contributed by atoms with Gasteiger partial charge in [-0.3, -0.25) is 9.59 Å². The van der Waals surface area contributed by atoms with Crippen LogP contribution in [-0.2, 0) is 6.18 Å². The van der Waals surface area contributed by atoms with E-state index in [4.69, 9.17) is 0 Å². The molecule has 3 aromatic rings. The van der Waals surface area contributed by atoms with Crippen LogP contribution < -0.4 is 0 Å². The highest BCUT2D eigenvalue weighted by atomic mass is 19.4. The van der Waals surface area contributed by atoms with Crippen LogP contribution in [-0.4, -0.2) is 12.1 Å². The van der Waals surface area contributed by atoms with Gasteiger partial charge in [0.1, 0.15) is 6.29 Å². The summed E-state index contributed by atoms with van der Waals surface area (Å²) in [6.07, 6.45) is -2.33. The molecule has 2 nitrogen and oxygen atoms in total. The molecular weight excluding hydrogens is 377 g/mol. The van der Waals surface area contributed by atoms with Crippen LogP contribution >= 0.6 is 0 Å². The molecule has 5 heteroatoms. The van der Waals surface area contributed by atoms with E-state index >= 15 is 0 Å². The van der Waals surface area contributed by atoms with E-state index in [1.807, 2.05) is 12.1 Å². The molecule has 0 heterocycles. The van der Waals surface area contributed by atoms with Crippen molar-refractivity contribution >= 4 is 17.6 Å². The molecule has 0 atom stereocenters. The minimum atomic E-state index is -4.43. The van der Waals surface area contributed by atoms with Crippen molar-refractivity contribution in [2.75, 3.05) is 0 Å². The number of ketones is 1. The van der Waals surface area contributed by atoms with Crippen LogP contribution in [0.25, 0.3) is 16.7 Å². The van der Waals surface area contributed by atoms with Crippen LogP contribution in [0.2, 0.25) is 0 Å². The van der Waals surface area contributed by atoms with Crippen LogP contribution in [0.3, 0.4) is 0 Å². The lowest BCUT2D eigenvalue weighted by Crippen LogP contribution is -2.05. The predicted octanol–water partition coefficient (Wildman–Crippen LogP) is 6.47. The number of rotatable bonds is 5. The average Bonchev–Trinajstić information content (AvgIpc) is 2.73. The Labute approximate surface area is 166 Å². The number of halogens is 3. The van der Waals surface area contributed by atoms with Gasteiger partial charge in [-0.2, -0.15) is 13.2 Å². The highest BCUT2D eigenvalue weighted by Crippen LogP contribution is 2.31. The number of benzene rings is 3. The summed E-state index contributed by atoms with van der Waals surface area (Å²) in [6, 6.07) is 18.9. The third-order valence-electron chi connectivity index (χ3n) is 4.54. The number of carbonyl (C=O) groups excluding carboxylic acids is 2. The van der Waals surface area contributed by atoms with E-state index in [0.717, 1.165) is 29.5 Å². The summed E-state index contributed by atoms with van der Waals surface area (Å²) in [5.41, 5.74) is 2.86. The summed E-state index contributed by atoms with van der Waals surface area (Å²) in [6.45, 7) is 1.61. The van der Waals surface area contributed by atoms with Crippen LogP contribution in [0.1, 0.15) is 38.8 Å². The Balaban J connectivity index is 1.80. The number of aldehydes is 1. The topological polar surface area (TPSA) is 34.1 Å². The lowest BCUT2D eigenvalue weighted by atomic mass is 9.99. The molecule has 0 saturated carbocycles. The second kappa shape index (κ2) is 8.27. The first kappa shape index (κ1) is 20.3. The van der Waals surface area contributed by atoms with Crippen molar-refractivity contribution in [3.05, 3.63) is 101 Å². The monoisotopic (exact) mass is 394 g/mol. The minimum Gasteiger partial charge on any atom is -0.298 e. The maximum Gasteiger partial charge on any atom is 0.416 e. The van der Waals surface area contributed by atoms with Gasteiger partial charge in [0, 0.05) is 11.1 Å². The molecule has 3 rings (SSSR count). The van der Waals surface area contributed by atoms with Crippen molar-refractivity contribution in [3.8, 4) is 11.1 Å². The molecule has 0 unspecified atom stereocenters. The third kappa shape index (κ3) is 4.88. The molecular formula is C24H17F3O2. The van der Waals surface area contributed by atoms with E-state index in [1.54, 1.807) is 49.4 Å². The molecule has 0 bridgehead atoms. The molecule has 0 aliphatic rings. The number of hydrogen-bond donors (Lipinski definition) is 0. The quantitative estimate of drug-likeness (QED) is 0.282. The third-order valence-corrected chi connectivity index (χ3v) is 4.54. The van der Waals surface area contributed by atoms with Gasteiger partial charge in [0.2, 0.25) is 0 Å². The molecule has 29 heavy (non-hydrogen) atoms. The zero-order valence-electron chi connectivity index (χ0n) is 15.5. The van der Waals surface area contributed by atoms with Crippen molar-refractivity contribution in [3.63, 3.8) is 0 Å². The molecule has 0 aliphatic carbocycles. The smallest absolute Gasteiger partial charge is 0.298 e. The van der Waals surface area contributed by atoms with Crippen molar-refractivity contribution in [1.82, 2.24) is 0 Å². The zero-order chi connectivity index (χ0) is 21.0. The van der Waals surface area contributed by atoms with E-state index < -0.39 is 11.7 Å². The number of alkyl halides is 3. The van der Waals surface area contributed by atoms with Gasteiger partial charge in [-0.1, -0.05) is 60.7 Å². The number of carbonyl (C=O) groups is 2. The largest absolute Gasteiger partial charge is 0.416 e. The second-order valence-corrected chi connectivity index (χ2v) is 6.59. The first-order valence-electron chi connectivity index (χ1n) is 8.84. The van der Waals surface area contributed by atoms with Crippen LogP contribution in [0.4, 0.5) is 13.2 Å². The molecule has 146 valence electrons. The lowest BCUT2D eigenvalue weighted by molar-refractivity contribution is -0.137. The van der Waals surface area contributed by atoms with Crippen molar-refractivity contribution in [2.24, 2.45) is 0 Å². The molecule has 0 radical (unpaired) electrons. The summed E-state index contributed by atoms with van der Waals surface area (Å²) < 4.78 is 38.6. The minimum absolute atomic E-state index is 0.289. The van der Waals surface area contributed by atoms with Gasteiger partial charge >= 0.3 is 6.18 Å². The highest BCUT2D eigenvalue weighted by molar-refractivity contribution is 6.08. The fourth-order valence-electron chi connectivity index (χ4n) is 2.89. The van der Waals surface area contributed by atoms with E-state index in [1.165, 1.54) is 12.1 Å². The van der Waals surface area contributed by atoms with Crippen LogP contribution in [0.15, 0.2) is 78.9 Å². The van der Waals surface area contributed by atoms with Crippen molar-refractivity contribution in [2.45, 2.75) is 13.1 Å². The molecule has 0 aromatic heterocycles. The number of hydrogen-bond acceptors (Lipinski definition) is 2. The Morgan fingerprint density at radius 2 is 1.41 bits per heavy atom. The van der Waals surface area contributed by atoms with E-state index in [0.29, 0.717) is 22.3 Å². The van der Waals surface area contributed by atoms with E-state index in [9.17, 15) is 22.8 Å². The molecule has 0 spiro atoms. The Morgan fingerprint density at radius 1 is 0.828 bits per heavy atom. The molecule has 0 N–H and O–H groups in total.